The second-order valence-corrected chi connectivity index (χ2v) is 3.34. The lowest BCUT2D eigenvalue weighted by Gasteiger charge is -2.15. The van der Waals surface area contributed by atoms with Crippen LogP contribution in [0.25, 0.3) is 0 Å². The van der Waals surface area contributed by atoms with Crippen molar-refractivity contribution in [1.29, 1.82) is 5.26 Å². The van der Waals surface area contributed by atoms with Gasteiger partial charge in [-0.15, -0.1) is 0 Å². The van der Waals surface area contributed by atoms with E-state index in [0.29, 0.717) is 6.54 Å². The zero-order valence-corrected chi connectivity index (χ0v) is 9.32. The third-order valence-corrected chi connectivity index (χ3v) is 1.99. The molecule has 1 unspecified atom stereocenters. The molecule has 0 aliphatic carbocycles. The molecule has 1 aliphatic rings. The first-order valence-electron chi connectivity index (χ1n) is 5.00. The van der Waals surface area contributed by atoms with E-state index in [-0.39, 0.29) is 18.4 Å². The maximum Gasteiger partial charge on any atom is 0.255 e. The Morgan fingerprint density at radius 3 is 3.12 bits per heavy atom. The Morgan fingerprint density at radius 2 is 2.53 bits per heavy atom. The van der Waals surface area contributed by atoms with E-state index < -0.39 is 6.43 Å². The van der Waals surface area contributed by atoms with E-state index in [2.05, 4.69) is 21.2 Å². The number of allylic oxidation sites excluding steroid dienone is 1. The minimum absolute atomic E-state index is 0.287. The maximum atomic E-state index is 12.1. The molecule has 0 aromatic heterocycles. The normalized spacial score (nSPS) is 19.6. The number of halogens is 2. The highest BCUT2D eigenvalue weighted by Crippen LogP contribution is 2.04. The van der Waals surface area contributed by atoms with Crippen molar-refractivity contribution in [1.82, 2.24) is 21.1 Å². The average molecular weight is 244 g/mol. The van der Waals surface area contributed by atoms with Gasteiger partial charge in [-0.1, -0.05) is 0 Å². The van der Waals surface area contributed by atoms with Gasteiger partial charge in [-0.05, 0) is 0 Å². The molecular weight excluding hydrogens is 230 g/mol. The van der Waals surface area contributed by atoms with Crippen molar-refractivity contribution in [3.05, 3.63) is 11.9 Å². The first-order valence-corrected chi connectivity index (χ1v) is 5.00. The van der Waals surface area contributed by atoms with Crippen LogP contribution in [0.2, 0.25) is 0 Å². The molecule has 0 spiro atoms. The van der Waals surface area contributed by atoms with E-state index in [1.807, 2.05) is 6.07 Å². The van der Waals surface area contributed by atoms with Gasteiger partial charge in [0.25, 0.3) is 6.43 Å². The first-order chi connectivity index (χ1) is 8.15. The quantitative estimate of drug-likeness (QED) is 0.438. The summed E-state index contributed by atoms with van der Waals surface area (Å²) in [7, 11) is 1.63. The molecular formula is C9H14F2N6. The number of nitriles is 1. The van der Waals surface area contributed by atoms with Crippen LogP contribution in [0.1, 0.15) is 0 Å². The van der Waals surface area contributed by atoms with Crippen molar-refractivity contribution in [2.75, 3.05) is 20.1 Å². The third-order valence-electron chi connectivity index (χ3n) is 1.99. The molecule has 0 radical (unpaired) electrons. The SMILES string of the molecule is CNN/C(C#N)=C\NC1CN(CC(F)F)C=N1. The number of hydrazine groups is 1. The highest BCUT2D eigenvalue weighted by atomic mass is 19.3. The van der Waals surface area contributed by atoms with E-state index in [9.17, 15) is 8.78 Å². The van der Waals surface area contributed by atoms with Crippen molar-refractivity contribution >= 4 is 6.34 Å². The Balaban J connectivity index is 2.36. The summed E-state index contributed by atoms with van der Waals surface area (Å²) in [5, 5.41) is 11.5. The van der Waals surface area contributed by atoms with Crippen LogP contribution in [0.15, 0.2) is 16.9 Å². The number of nitrogens with zero attached hydrogens (tertiary/aromatic N) is 3. The number of rotatable bonds is 6. The van der Waals surface area contributed by atoms with Gasteiger partial charge in [-0.2, -0.15) is 5.26 Å². The number of nitrogens with one attached hydrogen (secondary N) is 3. The summed E-state index contributed by atoms with van der Waals surface area (Å²) in [6.07, 6.45) is 0.145. The molecule has 0 bridgehead atoms. The highest BCUT2D eigenvalue weighted by molar-refractivity contribution is 5.57. The summed E-state index contributed by atoms with van der Waals surface area (Å²) >= 11 is 0. The summed E-state index contributed by atoms with van der Waals surface area (Å²) in [6, 6.07) is 1.91. The summed E-state index contributed by atoms with van der Waals surface area (Å²) in [5.74, 6) is 0. The maximum absolute atomic E-state index is 12.1. The van der Waals surface area contributed by atoms with Gasteiger partial charge in [0.05, 0.1) is 19.4 Å². The lowest BCUT2D eigenvalue weighted by molar-refractivity contribution is 0.118. The van der Waals surface area contributed by atoms with Crippen molar-refractivity contribution in [3.8, 4) is 6.07 Å². The summed E-state index contributed by atoms with van der Waals surface area (Å²) in [6.45, 7) is 0.0321. The van der Waals surface area contributed by atoms with Crippen LogP contribution in [-0.4, -0.2) is 44.0 Å². The average Bonchev–Trinajstić information content (AvgIpc) is 2.71. The molecule has 94 valence electrons. The van der Waals surface area contributed by atoms with Crippen molar-refractivity contribution in [2.45, 2.75) is 12.6 Å². The Bertz CT molecular complexity index is 335. The molecule has 0 aromatic carbocycles. The molecule has 6 nitrogen and oxygen atoms in total. The lowest BCUT2D eigenvalue weighted by Crippen LogP contribution is -2.34. The van der Waals surface area contributed by atoms with Gasteiger partial charge < -0.3 is 15.6 Å². The molecule has 1 heterocycles. The molecule has 0 fully saturated rings. The first kappa shape index (κ1) is 13.2. The molecule has 1 aliphatic heterocycles. The second-order valence-electron chi connectivity index (χ2n) is 3.34. The van der Waals surface area contributed by atoms with Gasteiger partial charge >= 0.3 is 0 Å². The fourth-order valence-electron chi connectivity index (χ4n) is 1.30. The van der Waals surface area contributed by atoms with E-state index in [1.165, 1.54) is 17.4 Å². The minimum atomic E-state index is -2.38. The highest BCUT2D eigenvalue weighted by Gasteiger charge is 2.18. The number of hydrogen-bond acceptors (Lipinski definition) is 6. The smallest absolute Gasteiger partial charge is 0.255 e. The van der Waals surface area contributed by atoms with Gasteiger partial charge in [0.1, 0.15) is 17.9 Å². The Kier molecular flexibility index (Phi) is 5.16. The minimum Gasteiger partial charge on any atom is -0.366 e. The van der Waals surface area contributed by atoms with Crippen molar-refractivity contribution < 1.29 is 8.78 Å². The van der Waals surface area contributed by atoms with Gasteiger partial charge in [0.15, 0.2) is 0 Å². The molecule has 0 saturated heterocycles. The third kappa shape index (κ3) is 4.65. The van der Waals surface area contributed by atoms with Crippen molar-refractivity contribution in [2.24, 2.45) is 4.99 Å². The molecule has 0 amide bonds. The number of aliphatic imine (C=N–C) groups is 1. The monoisotopic (exact) mass is 244 g/mol. The van der Waals surface area contributed by atoms with Crippen LogP contribution in [0, 0.1) is 11.3 Å². The molecule has 0 saturated carbocycles. The van der Waals surface area contributed by atoms with Gasteiger partial charge in [0.2, 0.25) is 0 Å². The van der Waals surface area contributed by atoms with Crippen LogP contribution in [0.5, 0.6) is 0 Å². The molecule has 17 heavy (non-hydrogen) atoms. The van der Waals surface area contributed by atoms with Crippen LogP contribution in [-0.2, 0) is 0 Å². The van der Waals surface area contributed by atoms with Crippen molar-refractivity contribution in [3.63, 3.8) is 0 Å². The lowest BCUT2D eigenvalue weighted by atomic mass is 10.4. The topological polar surface area (TPSA) is 75.5 Å². The largest absolute Gasteiger partial charge is 0.366 e. The standard InChI is InChI=1S/C9H14F2N6/c1-13-16-7(2-12)3-14-9-5-17(6-15-9)4-8(10)11/h3,6,8-9,13-14,16H,4-5H2,1H3/b7-3-. The number of hydrogen-bond donors (Lipinski definition) is 3. The molecule has 0 aromatic rings. The molecule has 1 rings (SSSR count). The fraction of sp³-hybridized carbons (Fsp3) is 0.556. The zero-order valence-electron chi connectivity index (χ0n) is 9.32. The van der Waals surface area contributed by atoms with Crippen LogP contribution < -0.4 is 16.2 Å². The molecule has 8 heteroatoms. The van der Waals surface area contributed by atoms with E-state index in [0.717, 1.165) is 0 Å². The summed E-state index contributed by atoms with van der Waals surface area (Å²) in [5.41, 5.74) is 5.49. The predicted octanol–water partition coefficient (Wildman–Crippen LogP) is -0.400. The second kappa shape index (κ2) is 6.65. The van der Waals surface area contributed by atoms with Gasteiger partial charge in [-0.3, -0.25) is 0 Å². The fourth-order valence-corrected chi connectivity index (χ4v) is 1.30. The summed E-state index contributed by atoms with van der Waals surface area (Å²) < 4.78 is 24.2. The van der Waals surface area contributed by atoms with E-state index in [1.54, 1.807) is 7.05 Å². The van der Waals surface area contributed by atoms with E-state index >= 15 is 0 Å². The summed E-state index contributed by atoms with van der Waals surface area (Å²) in [4.78, 5) is 5.42. The Hall–Kier alpha value is -1.88. The Labute approximate surface area is 98.0 Å². The van der Waals surface area contributed by atoms with Crippen LogP contribution >= 0.6 is 0 Å². The van der Waals surface area contributed by atoms with Gasteiger partial charge in [0, 0.05) is 13.2 Å². The van der Waals surface area contributed by atoms with Crippen LogP contribution in [0.4, 0.5) is 8.78 Å². The number of alkyl halides is 2. The van der Waals surface area contributed by atoms with Crippen LogP contribution in [0.3, 0.4) is 0 Å². The molecule has 1 atom stereocenters. The Morgan fingerprint density at radius 1 is 1.76 bits per heavy atom. The van der Waals surface area contributed by atoms with Gasteiger partial charge in [-0.25, -0.2) is 19.2 Å². The zero-order chi connectivity index (χ0) is 12.7. The molecule has 3 N–H and O–H groups in total. The van der Waals surface area contributed by atoms with E-state index in [4.69, 9.17) is 5.26 Å². The predicted molar refractivity (Wildman–Crippen MR) is 58.9 cm³/mol.